The maximum atomic E-state index is 13.1. The largest absolute Gasteiger partial charge is 0.317 e. The van der Waals surface area contributed by atoms with E-state index >= 15 is 0 Å². The van der Waals surface area contributed by atoms with Crippen LogP contribution in [0.5, 0.6) is 0 Å². The van der Waals surface area contributed by atoms with Crippen molar-refractivity contribution in [3.05, 3.63) is 29.8 Å². The molecule has 0 aromatic carbocycles. The molecule has 118 valence electrons. The quantitative estimate of drug-likeness (QED) is 0.802. The number of carbonyl (C=O) groups is 1. The summed E-state index contributed by atoms with van der Waals surface area (Å²) in [6.45, 7) is 1.65. The van der Waals surface area contributed by atoms with Gasteiger partial charge in [0.05, 0.1) is 11.7 Å². The van der Waals surface area contributed by atoms with Gasteiger partial charge in [-0.25, -0.2) is 8.78 Å². The average Bonchev–Trinajstić information content (AvgIpc) is 3.17. The number of aromatic amines is 1. The molecule has 0 unspecified atom stereocenters. The fourth-order valence-electron chi connectivity index (χ4n) is 2.49. The number of halogens is 2. The molecular weight excluding hydrogens is 294 g/mol. The lowest BCUT2D eigenvalue weighted by Crippen LogP contribution is -2.29. The van der Waals surface area contributed by atoms with Gasteiger partial charge in [-0.2, -0.15) is 10.2 Å². The summed E-state index contributed by atoms with van der Waals surface area (Å²) >= 11 is 0. The van der Waals surface area contributed by atoms with Crippen molar-refractivity contribution in [3.8, 4) is 0 Å². The van der Waals surface area contributed by atoms with E-state index in [1.165, 1.54) is 23.1 Å². The van der Waals surface area contributed by atoms with E-state index in [2.05, 4.69) is 25.9 Å². The molecule has 3 N–H and O–H groups in total. The van der Waals surface area contributed by atoms with Crippen LogP contribution >= 0.6 is 0 Å². The number of H-pyrrole nitrogens is 1. The molecule has 0 bridgehead atoms. The van der Waals surface area contributed by atoms with E-state index in [0.29, 0.717) is 0 Å². The maximum absolute atomic E-state index is 13.1. The lowest BCUT2D eigenvalue weighted by Gasteiger charge is -2.22. The lowest BCUT2D eigenvalue weighted by atomic mass is 10.1. The minimum atomic E-state index is -2.75. The Kier molecular flexibility index (Phi) is 4.14. The highest BCUT2D eigenvalue weighted by Crippen LogP contribution is 2.29. The topological polar surface area (TPSA) is 87.6 Å². The Morgan fingerprint density at radius 2 is 2.18 bits per heavy atom. The van der Waals surface area contributed by atoms with E-state index in [1.54, 1.807) is 0 Å². The molecular formula is C13H16F2N6O. The molecule has 1 saturated heterocycles. The van der Waals surface area contributed by atoms with Gasteiger partial charge in [-0.15, -0.1) is 0 Å². The second kappa shape index (κ2) is 6.22. The molecule has 2 aromatic heterocycles. The van der Waals surface area contributed by atoms with Crippen molar-refractivity contribution in [2.45, 2.75) is 25.3 Å². The minimum absolute atomic E-state index is 0.0292. The van der Waals surface area contributed by atoms with Crippen LogP contribution in [0.2, 0.25) is 0 Å². The van der Waals surface area contributed by atoms with Crippen LogP contribution in [0.4, 0.5) is 14.5 Å². The van der Waals surface area contributed by atoms with Crippen LogP contribution in [0, 0.1) is 0 Å². The summed E-state index contributed by atoms with van der Waals surface area (Å²) in [5.41, 5.74) is -0.251. The molecule has 0 atom stereocenters. The van der Waals surface area contributed by atoms with Gasteiger partial charge in [0.2, 0.25) is 0 Å². The smallest absolute Gasteiger partial charge is 0.284 e. The second-order valence-corrected chi connectivity index (χ2v) is 5.10. The maximum Gasteiger partial charge on any atom is 0.284 e. The highest BCUT2D eigenvalue weighted by Gasteiger charge is 2.24. The summed E-state index contributed by atoms with van der Waals surface area (Å²) in [6.07, 6.45) is 1.84. The molecule has 7 nitrogen and oxygen atoms in total. The summed E-state index contributed by atoms with van der Waals surface area (Å²) in [4.78, 5) is 12.0. The SMILES string of the molecule is O=C(Nc1cn(C2CCNCC2)nc1C(F)F)c1cc[nH]n1. The summed E-state index contributed by atoms with van der Waals surface area (Å²) in [5, 5.41) is 15.9. The monoisotopic (exact) mass is 310 g/mol. The van der Waals surface area contributed by atoms with Crippen LogP contribution in [-0.2, 0) is 0 Å². The number of hydrogen-bond acceptors (Lipinski definition) is 4. The normalized spacial score (nSPS) is 16.1. The van der Waals surface area contributed by atoms with E-state index in [1.807, 2.05) is 0 Å². The zero-order valence-corrected chi connectivity index (χ0v) is 11.7. The van der Waals surface area contributed by atoms with E-state index in [9.17, 15) is 13.6 Å². The Balaban J connectivity index is 1.82. The fraction of sp³-hybridized carbons (Fsp3) is 0.462. The van der Waals surface area contributed by atoms with Gasteiger partial charge in [0.1, 0.15) is 5.69 Å². The minimum Gasteiger partial charge on any atom is -0.317 e. The molecule has 22 heavy (non-hydrogen) atoms. The number of carbonyl (C=O) groups excluding carboxylic acids is 1. The zero-order chi connectivity index (χ0) is 15.5. The predicted octanol–water partition coefficient (Wildman–Crippen LogP) is 1.72. The predicted molar refractivity (Wildman–Crippen MR) is 74.9 cm³/mol. The molecule has 0 radical (unpaired) electrons. The van der Waals surface area contributed by atoms with Gasteiger partial charge in [0, 0.05) is 12.4 Å². The first-order valence-corrected chi connectivity index (χ1v) is 7.04. The van der Waals surface area contributed by atoms with Gasteiger partial charge < -0.3 is 10.6 Å². The van der Waals surface area contributed by atoms with Crippen LogP contribution in [0.1, 0.15) is 41.5 Å². The summed E-state index contributed by atoms with van der Waals surface area (Å²) in [7, 11) is 0. The van der Waals surface area contributed by atoms with Crippen molar-refractivity contribution in [1.82, 2.24) is 25.3 Å². The van der Waals surface area contributed by atoms with Crippen molar-refractivity contribution in [3.63, 3.8) is 0 Å². The van der Waals surface area contributed by atoms with Crippen LogP contribution in [0.3, 0.4) is 0 Å². The highest BCUT2D eigenvalue weighted by molar-refractivity contribution is 6.03. The highest BCUT2D eigenvalue weighted by atomic mass is 19.3. The third-order valence-corrected chi connectivity index (χ3v) is 3.63. The van der Waals surface area contributed by atoms with Gasteiger partial charge in [0.15, 0.2) is 5.69 Å². The number of aromatic nitrogens is 4. The van der Waals surface area contributed by atoms with Crippen molar-refractivity contribution in [2.24, 2.45) is 0 Å². The van der Waals surface area contributed by atoms with E-state index in [4.69, 9.17) is 0 Å². The molecule has 0 aliphatic carbocycles. The zero-order valence-electron chi connectivity index (χ0n) is 11.7. The van der Waals surface area contributed by atoms with Crippen molar-refractivity contribution < 1.29 is 13.6 Å². The van der Waals surface area contributed by atoms with Crippen LogP contribution in [-0.4, -0.2) is 39.0 Å². The molecule has 1 fully saturated rings. The number of nitrogens with one attached hydrogen (secondary N) is 3. The van der Waals surface area contributed by atoms with Crippen molar-refractivity contribution in [2.75, 3.05) is 18.4 Å². The summed E-state index contributed by atoms with van der Waals surface area (Å²) in [6, 6.07) is 1.53. The molecule has 0 spiro atoms. The first-order valence-electron chi connectivity index (χ1n) is 7.04. The van der Waals surface area contributed by atoms with Crippen LogP contribution in [0.15, 0.2) is 18.5 Å². The Morgan fingerprint density at radius 3 is 2.82 bits per heavy atom. The van der Waals surface area contributed by atoms with E-state index in [0.717, 1.165) is 25.9 Å². The van der Waals surface area contributed by atoms with Crippen LogP contribution in [0.25, 0.3) is 0 Å². The molecule has 1 aliphatic rings. The Bertz CT molecular complexity index is 633. The molecule has 0 saturated carbocycles. The van der Waals surface area contributed by atoms with Gasteiger partial charge in [-0.1, -0.05) is 0 Å². The Morgan fingerprint density at radius 1 is 1.41 bits per heavy atom. The van der Waals surface area contributed by atoms with Gasteiger partial charge in [-0.3, -0.25) is 14.6 Å². The average molecular weight is 310 g/mol. The molecule has 9 heteroatoms. The molecule has 1 amide bonds. The van der Waals surface area contributed by atoms with Crippen LogP contribution < -0.4 is 10.6 Å². The van der Waals surface area contributed by atoms with Crippen molar-refractivity contribution in [1.29, 1.82) is 0 Å². The number of alkyl halides is 2. The molecule has 1 aliphatic heterocycles. The Hall–Kier alpha value is -2.29. The number of amides is 1. The number of anilines is 1. The summed E-state index contributed by atoms with van der Waals surface area (Å²) in [5.74, 6) is -0.548. The number of rotatable bonds is 4. The third kappa shape index (κ3) is 2.98. The first-order chi connectivity index (χ1) is 10.6. The first kappa shape index (κ1) is 14.6. The third-order valence-electron chi connectivity index (χ3n) is 3.63. The number of nitrogens with zero attached hydrogens (tertiary/aromatic N) is 3. The number of piperidine rings is 1. The standard InChI is InChI=1S/C13H16F2N6O/c14-12(15)11-10(18-13(22)9-3-6-17-19-9)7-21(20-11)8-1-4-16-5-2-8/h3,6-8,12,16H,1-2,4-5H2,(H,17,19)(H,18,22). The summed E-state index contributed by atoms with van der Waals surface area (Å²) < 4.78 is 27.8. The van der Waals surface area contributed by atoms with Gasteiger partial charge in [-0.05, 0) is 32.0 Å². The second-order valence-electron chi connectivity index (χ2n) is 5.10. The molecule has 3 rings (SSSR count). The molecule has 3 heterocycles. The van der Waals surface area contributed by atoms with Crippen molar-refractivity contribution >= 4 is 11.6 Å². The molecule has 2 aromatic rings. The fourth-order valence-corrected chi connectivity index (χ4v) is 2.49. The van der Waals surface area contributed by atoms with Gasteiger partial charge in [0.25, 0.3) is 12.3 Å². The van der Waals surface area contributed by atoms with Gasteiger partial charge >= 0.3 is 0 Å². The van der Waals surface area contributed by atoms with E-state index < -0.39 is 18.0 Å². The lowest BCUT2D eigenvalue weighted by molar-refractivity contribution is 0.102. The van der Waals surface area contributed by atoms with E-state index in [-0.39, 0.29) is 17.4 Å². The number of hydrogen-bond donors (Lipinski definition) is 3. The Labute approximate surface area is 125 Å².